The van der Waals surface area contributed by atoms with Crippen molar-refractivity contribution < 1.29 is 0 Å². The van der Waals surface area contributed by atoms with Crippen molar-refractivity contribution in [3.63, 3.8) is 0 Å². The van der Waals surface area contributed by atoms with E-state index >= 15 is 0 Å². The molecule has 112 valence electrons. The normalized spacial score (nSPS) is 29.4. The van der Waals surface area contributed by atoms with Gasteiger partial charge in [-0.3, -0.25) is 4.90 Å². The van der Waals surface area contributed by atoms with Crippen LogP contribution < -0.4 is 5.32 Å². The summed E-state index contributed by atoms with van der Waals surface area (Å²) < 4.78 is 0. The largest absolute Gasteiger partial charge is 0.310 e. The SMILES string of the molecule is CCCCCCCC(C)NC1CCN2CCCCC12. The van der Waals surface area contributed by atoms with Crippen molar-refractivity contribution in [2.75, 3.05) is 13.1 Å². The van der Waals surface area contributed by atoms with Crippen LogP contribution in [0.2, 0.25) is 0 Å². The molecule has 2 nitrogen and oxygen atoms in total. The number of hydrogen-bond acceptors (Lipinski definition) is 2. The van der Waals surface area contributed by atoms with Crippen LogP contribution in [-0.4, -0.2) is 36.1 Å². The molecule has 0 aromatic carbocycles. The molecule has 0 bridgehead atoms. The molecule has 0 aromatic rings. The van der Waals surface area contributed by atoms with Crippen molar-refractivity contribution in [3.8, 4) is 0 Å². The van der Waals surface area contributed by atoms with Gasteiger partial charge >= 0.3 is 0 Å². The van der Waals surface area contributed by atoms with E-state index in [9.17, 15) is 0 Å². The summed E-state index contributed by atoms with van der Waals surface area (Å²) in [5.74, 6) is 0. The number of nitrogens with one attached hydrogen (secondary N) is 1. The second-order valence-corrected chi connectivity index (χ2v) is 6.76. The summed E-state index contributed by atoms with van der Waals surface area (Å²) in [5, 5.41) is 3.93. The standard InChI is InChI=1S/C17H34N2/c1-3-4-5-6-7-10-15(2)18-16-12-14-19-13-9-8-11-17(16)19/h15-18H,3-14H2,1-2H3. The maximum Gasteiger partial charge on any atom is 0.0249 e. The molecule has 0 aliphatic carbocycles. The van der Waals surface area contributed by atoms with Gasteiger partial charge in [-0.25, -0.2) is 0 Å². The Kier molecular flexibility index (Phi) is 6.66. The van der Waals surface area contributed by atoms with Crippen LogP contribution in [0.3, 0.4) is 0 Å². The first-order valence-electron chi connectivity index (χ1n) is 8.81. The Balaban J connectivity index is 1.61. The van der Waals surface area contributed by atoms with E-state index in [0.29, 0.717) is 6.04 Å². The lowest BCUT2D eigenvalue weighted by Crippen LogP contribution is -2.47. The fourth-order valence-corrected chi connectivity index (χ4v) is 3.94. The maximum absolute atomic E-state index is 3.93. The van der Waals surface area contributed by atoms with E-state index in [1.165, 1.54) is 77.3 Å². The van der Waals surface area contributed by atoms with Crippen molar-refractivity contribution >= 4 is 0 Å². The molecule has 0 saturated carbocycles. The first-order chi connectivity index (χ1) is 9.31. The molecule has 2 rings (SSSR count). The highest BCUT2D eigenvalue weighted by Crippen LogP contribution is 2.27. The van der Waals surface area contributed by atoms with Crippen LogP contribution in [0.5, 0.6) is 0 Å². The van der Waals surface area contributed by atoms with Crippen molar-refractivity contribution in [1.82, 2.24) is 10.2 Å². The van der Waals surface area contributed by atoms with Crippen LogP contribution in [0.1, 0.15) is 78.1 Å². The van der Waals surface area contributed by atoms with Crippen LogP contribution in [0.15, 0.2) is 0 Å². The van der Waals surface area contributed by atoms with E-state index in [-0.39, 0.29) is 0 Å². The molecule has 0 radical (unpaired) electrons. The number of nitrogens with zero attached hydrogens (tertiary/aromatic N) is 1. The average molecular weight is 266 g/mol. The lowest BCUT2D eigenvalue weighted by Gasteiger charge is -2.33. The molecule has 0 amide bonds. The Morgan fingerprint density at radius 2 is 1.89 bits per heavy atom. The molecule has 0 aromatic heterocycles. The van der Waals surface area contributed by atoms with Gasteiger partial charge in [0.05, 0.1) is 0 Å². The van der Waals surface area contributed by atoms with Crippen molar-refractivity contribution in [2.45, 2.75) is 96.2 Å². The molecule has 2 fully saturated rings. The second-order valence-electron chi connectivity index (χ2n) is 6.76. The summed E-state index contributed by atoms with van der Waals surface area (Å²) in [5.41, 5.74) is 0. The number of rotatable bonds is 8. The lowest BCUT2D eigenvalue weighted by molar-refractivity contribution is 0.176. The Morgan fingerprint density at radius 3 is 2.74 bits per heavy atom. The van der Waals surface area contributed by atoms with Gasteiger partial charge in [0.25, 0.3) is 0 Å². The van der Waals surface area contributed by atoms with Crippen molar-refractivity contribution in [1.29, 1.82) is 0 Å². The van der Waals surface area contributed by atoms with Crippen LogP contribution in [0.25, 0.3) is 0 Å². The summed E-state index contributed by atoms with van der Waals surface area (Å²) in [7, 11) is 0. The quantitative estimate of drug-likeness (QED) is 0.669. The zero-order valence-electron chi connectivity index (χ0n) is 13.2. The molecule has 3 atom stereocenters. The van der Waals surface area contributed by atoms with Gasteiger partial charge in [0, 0.05) is 24.7 Å². The van der Waals surface area contributed by atoms with E-state index in [4.69, 9.17) is 0 Å². The third kappa shape index (κ3) is 4.75. The number of piperidine rings is 1. The third-order valence-electron chi connectivity index (χ3n) is 5.10. The number of fused-ring (bicyclic) bond motifs is 1. The van der Waals surface area contributed by atoms with Gasteiger partial charge in [0.2, 0.25) is 0 Å². The van der Waals surface area contributed by atoms with Gasteiger partial charge in [-0.15, -0.1) is 0 Å². The van der Waals surface area contributed by atoms with E-state index in [0.717, 1.165) is 12.1 Å². The van der Waals surface area contributed by atoms with Crippen LogP contribution in [0.4, 0.5) is 0 Å². The highest BCUT2D eigenvalue weighted by Gasteiger charge is 2.35. The van der Waals surface area contributed by atoms with Gasteiger partial charge < -0.3 is 5.32 Å². The van der Waals surface area contributed by atoms with Crippen molar-refractivity contribution in [2.24, 2.45) is 0 Å². The number of hydrogen-bond donors (Lipinski definition) is 1. The van der Waals surface area contributed by atoms with Crippen LogP contribution in [0, 0.1) is 0 Å². The molecule has 2 saturated heterocycles. The maximum atomic E-state index is 3.93. The van der Waals surface area contributed by atoms with Crippen LogP contribution >= 0.6 is 0 Å². The van der Waals surface area contributed by atoms with Gasteiger partial charge in [-0.05, 0) is 39.2 Å². The zero-order valence-corrected chi connectivity index (χ0v) is 13.2. The Morgan fingerprint density at radius 1 is 1.05 bits per heavy atom. The van der Waals surface area contributed by atoms with Crippen LogP contribution in [-0.2, 0) is 0 Å². The summed E-state index contributed by atoms with van der Waals surface area (Å²) >= 11 is 0. The molecule has 19 heavy (non-hydrogen) atoms. The molecule has 2 heterocycles. The number of unbranched alkanes of at least 4 members (excludes halogenated alkanes) is 4. The summed E-state index contributed by atoms with van der Waals surface area (Å²) in [4.78, 5) is 2.73. The minimum absolute atomic E-state index is 0.716. The first kappa shape index (κ1) is 15.3. The minimum Gasteiger partial charge on any atom is -0.310 e. The topological polar surface area (TPSA) is 15.3 Å². The predicted octanol–water partition coefficient (Wildman–Crippen LogP) is 3.95. The smallest absolute Gasteiger partial charge is 0.0249 e. The highest BCUT2D eigenvalue weighted by molar-refractivity contribution is 4.94. The van der Waals surface area contributed by atoms with Gasteiger partial charge in [0.1, 0.15) is 0 Å². The fourth-order valence-electron chi connectivity index (χ4n) is 3.94. The molecule has 2 aliphatic rings. The van der Waals surface area contributed by atoms with Gasteiger partial charge in [0.15, 0.2) is 0 Å². The minimum atomic E-state index is 0.716. The Labute approximate surface area is 120 Å². The summed E-state index contributed by atoms with van der Waals surface area (Å²) in [6.07, 6.45) is 14.1. The zero-order chi connectivity index (χ0) is 13.5. The molecule has 0 spiro atoms. The van der Waals surface area contributed by atoms with Gasteiger partial charge in [-0.2, -0.15) is 0 Å². The third-order valence-corrected chi connectivity index (χ3v) is 5.10. The molecule has 2 aliphatic heterocycles. The lowest BCUT2D eigenvalue weighted by atomic mass is 9.98. The molecule has 1 N–H and O–H groups in total. The molecular formula is C17H34N2. The molecule has 3 unspecified atom stereocenters. The summed E-state index contributed by atoms with van der Waals surface area (Å²) in [6, 6.07) is 2.36. The van der Waals surface area contributed by atoms with Gasteiger partial charge in [-0.1, -0.05) is 45.4 Å². The van der Waals surface area contributed by atoms with Crippen molar-refractivity contribution in [3.05, 3.63) is 0 Å². The molecule has 2 heteroatoms. The molecular weight excluding hydrogens is 232 g/mol. The average Bonchev–Trinajstić information content (AvgIpc) is 2.82. The first-order valence-corrected chi connectivity index (χ1v) is 8.81. The van der Waals surface area contributed by atoms with E-state index < -0.39 is 0 Å². The fraction of sp³-hybridized carbons (Fsp3) is 1.00. The Hall–Kier alpha value is -0.0800. The van der Waals surface area contributed by atoms with E-state index in [1.54, 1.807) is 0 Å². The monoisotopic (exact) mass is 266 g/mol. The second kappa shape index (κ2) is 8.26. The van der Waals surface area contributed by atoms with E-state index in [1.807, 2.05) is 0 Å². The highest BCUT2D eigenvalue weighted by atomic mass is 15.2. The summed E-state index contributed by atoms with van der Waals surface area (Å²) in [6.45, 7) is 7.38. The Bertz CT molecular complexity index is 241. The van der Waals surface area contributed by atoms with E-state index in [2.05, 4.69) is 24.1 Å². The predicted molar refractivity (Wildman–Crippen MR) is 83.6 cm³/mol.